The van der Waals surface area contributed by atoms with Crippen molar-refractivity contribution in [2.75, 3.05) is 18.6 Å². The fourth-order valence-electron chi connectivity index (χ4n) is 3.15. The smallest absolute Gasteiger partial charge is 0.311 e. The minimum atomic E-state index is -0.686. The molecule has 0 N–H and O–H groups in total. The van der Waals surface area contributed by atoms with E-state index in [0.717, 1.165) is 0 Å². The molecule has 1 aliphatic rings. The number of benzene rings is 2. The molecule has 2 aromatic rings. The highest BCUT2D eigenvalue weighted by Gasteiger charge is 2.37. The molecule has 2 aromatic carbocycles. The van der Waals surface area contributed by atoms with Crippen LogP contribution in [0.15, 0.2) is 42.5 Å². The zero-order valence-corrected chi connectivity index (χ0v) is 15.6. The SMILES string of the molecule is COc1ccc(C(C)=O)cc1COC(=O)[C@@H]1CC(=O)N(c2ccccc2F)C1. The predicted octanol–water partition coefficient (Wildman–Crippen LogP) is 3.13. The van der Waals surface area contributed by atoms with Crippen LogP contribution in [0.2, 0.25) is 0 Å². The Bertz CT molecular complexity index is 927. The van der Waals surface area contributed by atoms with Crippen LogP contribution in [0.25, 0.3) is 0 Å². The molecule has 1 aliphatic heterocycles. The quantitative estimate of drug-likeness (QED) is 0.564. The zero-order chi connectivity index (χ0) is 20.3. The highest BCUT2D eigenvalue weighted by Crippen LogP contribution is 2.28. The van der Waals surface area contributed by atoms with Crippen LogP contribution in [0, 0.1) is 11.7 Å². The van der Waals surface area contributed by atoms with Crippen LogP contribution in [0.4, 0.5) is 10.1 Å². The topological polar surface area (TPSA) is 72.9 Å². The maximum Gasteiger partial charge on any atom is 0.311 e. The van der Waals surface area contributed by atoms with Crippen molar-refractivity contribution in [2.24, 2.45) is 5.92 Å². The summed E-state index contributed by atoms with van der Waals surface area (Å²) in [5.74, 6) is -1.71. The van der Waals surface area contributed by atoms with E-state index < -0.39 is 17.7 Å². The molecule has 0 saturated carbocycles. The molecule has 3 rings (SSSR count). The predicted molar refractivity (Wildman–Crippen MR) is 99.7 cm³/mol. The number of Topliss-reactive ketones (excluding diaryl/α,β-unsaturated/α-hetero) is 1. The lowest BCUT2D eigenvalue weighted by Crippen LogP contribution is -2.27. The Balaban J connectivity index is 1.68. The number of ketones is 1. The number of ether oxygens (including phenoxy) is 2. The molecular weight excluding hydrogens is 365 g/mol. The number of para-hydroxylation sites is 1. The Labute approximate surface area is 161 Å². The molecule has 1 fully saturated rings. The van der Waals surface area contributed by atoms with E-state index >= 15 is 0 Å². The first kappa shape index (κ1) is 19.5. The maximum absolute atomic E-state index is 13.9. The summed E-state index contributed by atoms with van der Waals surface area (Å²) in [6.45, 7) is 1.41. The Morgan fingerprint density at radius 2 is 1.96 bits per heavy atom. The molecule has 1 saturated heterocycles. The maximum atomic E-state index is 13.9. The minimum Gasteiger partial charge on any atom is -0.496 e. The average Bonchev–Trinajstić information content (AvgIpc) is 3.07. The minimum absolute atomic E-state index is 0.0439. The van der Waals surface area contributed by atoms with Gasteiger partial charge in [-0.2, -0.15) is 0 Å². The van der Waals surface area contributed by atoms with E-state index in [1.807, 2.05) is 0 Å². The summed E-state index contributed by atoms with van der Waals surface area (Å²) in [7, 11) is 1.48. The van der Waals surface area contributed by atoms with Gasteiger partial charge in [-0.15, -0.1) is 0 Å². The lowest BCUT2D eigenvalue weighted by atomic mass is 10.1. The van der Waals surface area contributed by atoms with Crippen LogP contribution in [0.1, 0.15) is 29.3 Å². The third kappa shape index (κ3) is 4.03. The lowest BCUT2D eigenvalue weighted by molar-refractivity contribution is -0.149. The normalized spacial score (nSPS) is 16.2. The Kier molecular flexibility index (Phi) is 5.73. The molecule has 1 atom stereocenters. The second-order valence-electron chi connectivity index (χ2n) is 6.55. The van der Waals surface area contributed by atoms with Gasteiger partial charge >= 0.3 is 5.97 Å². The van der Waals surface area contributed by atoms with E-state index in [-0.39, 0.29) is 37.0 Å². The highest BCUT2D eigenvalue weighted by atomic mass is 19.1. The van der Waals surface area contributed by atoms with Crippen molar-refractivity contribution in [3.63, 3.8) is 0 Å². The van der Waals surface area contributed by atoms with Crippen LogP contribution in [-0.2, 0) is 20.9 Å². The van der Waals surface area contributed by atoms with Gasteiger partial charge in [0, 0.05) is 24.1 Å². The van der Waals surface area contributed by atoms with Gasteiger partial charge < -0.3 is 14.4 Å². The molecule has 0 spiro atoms. The second kappa shape index (κ2) is 8.21. The van der Waals surface area contributed by atoms with Gasteiger partial charge in [-0.3, -0.25) is 14.4 Å². The third-order valence-electron chi connectivity index (χ3n) is 4.66. The molecule has 6 nitrogen and oxygen atoms in total. The first-order valence-corrected chi connectivity index (χ1v) is 8.80. The molecule has 0 aromatic heterocycles. The Hall–Kier alpha value is -3.22. The number of halogens is 1. The standard InChI is InChI=1S/C21H20FNO5/c1-13(24)14-7-8-19(27-2)16(9-14)12-28-21(26)15-10-20(25)23(11-15)18-6-4-3-5-17(18)22/h3-9,15H,10-12H2,1-2H3/t15-/m1/s1. The summed E-state index contributed by atoms with van der Waals surface area (Å²) in [6.07, 6.45) is -0.0439. The van der Waals surface area contributed by atoms with Gasteiger partial charge in [-0.05, 0) is 37.3 Å². The number of anilines is 1. The van der Waals surface area contributed by atoms with Gasteiger partial charge in [-0.25, -0.2) is 4.39 Å². The van der Waals surface area contributed by atoms with Gasteiger partial charge in [0.1, 0.15) is 18.2 Å². The van der Waals surface area contributed by atoms with Gasteiger partial charge in [0.15, 0.2) is 5.78 Å². The van der Waals surface area contributed by atoms with Crippen LogP contribution < -0.4 is 9.64 Å². The van der Waals surface area contributed by atoms with Crippen molar-refractivity contribution in [2.45, 2.75) is 20.0 Å². The summed E-state index contributed by atoms with van der Waals surface area (Å²) in [5.41, 5.74) is 1.19. The highest BCUT2D eigenvalue weighted by molar-refractivity contribution is 5.99. The van der Waals surface area contributed by atoms with E-state index in [0.29, 0.717) is 16.9 Å². The van der Waals surface area contributed by atoms with Crippen molar-refractivity contribution in [3.05, 3.63) is 59.4 Å². The number of methoxy groups -OCH3 is 1. The summed E-state index contributed by atoms with van der Waals surface area (Å²) in [5, 5.41) is 0. The van der Waals surface area contributed by atoms with Gasteiger partial charge in [0.25, 0.3) is 0 Å². The van der Waals surface area contributed by atoms with Crippen LogP contribution in [-0.4, -0.2) is 31.3 Å². The first-order chi connectivity index (χ1) is 13.4. The number of hydrogen-bond acceptors (Lipinski definition) is 5. The molecule has 1 heterocycles. The summed E-state index contributed by atoms with van der Waals surface area (Å²) in [4.78, 5) is 37.5. The average molecular weight is 385 g/mol. The number of esters is 1. The van der Waals surface area contributed by atoms with Crippen molar-refractivity contribution in [3.8, 4) is 5.75 Å². The van der Waals surface area contributed by atoms with Gasteiger partial charge in [0.2, 0.25) is 5.91 Å². The van der Waals surface area contributed by atoms with Gasteiger partial charge in [-0.1, -0.05) is 12.1 Å². The van der Waals surface area contributed by atoms with Crippen LogP contribution in [0.5, 0.6) is 5.75 Å². The second-order valence-corrected chi connectivity index (χ2v) is 6.55. The molecule has 1 amide bonds. The summed E-state index contributed by atoms with van der Waals surface area (Å²) in [6, 6.07) is 10.8. The van der Waals surface area contributed by atoms with E-state index in [9.17, 15) is 18.8 Å². The van der Waals surface area contributed by atoms with E-state index in [1.165, 1.54) is 37.1 Å². The third-order valence-corrected chi connectivity index (χ3v) is 4.66. The molecule has 0 unspecified atom stereocenters. The summed E-state index contributed by atoms with van der Waals surface area (Å²) < 4.78 is 24.5. The van der Waals surface area contributed by atoms with Crippen LogP contribution in [0.3, 0.4) is 0 Å². The van der Waals surface area contributed by atoms with E-state index in [4.69, 9.17) is 9.47 Å². The number of carbonyl (C=O) groups is 3. The number of hydrogen-bond donors (Lipinski definition) is 0. The van der Waals surface area contributed by atoms with Crippen molar-refractivity contribution in [1.82, 2.24) is 0 Å². The van der Waals surface area contributed by atoms with E-state index in [1.54, 1.807) is 24.3 Å². The molecule has 146 valence electrons. The van der Waals surface area contributed by atoms with Crippen molar-refractivity contribution < 1.29 is 28.2 Å². The molecule has 0 aliphatic carbocycles. The summed E-state index contributed by atoms with van der Waals surface area (Å²) >= 11 is 0. The number of nitrogens with zero attached hydrogens (tertiary/aromatic N) is 1. The molecule has 0 bridgehead atoms. The first-order valence-electron chi connectivity index (χ1n) is 8.80. The lowest BCUT2D eigenvalue weighted by Gasteiger charge is -2.17. The Morgan fingerprint density at radius 1 is 1.21 bits per heavy atom. The molecule has 7 heteroatoms. The van der Waals surface area contributed by atoms with Crippen molar-refractivity contribution >= 4 is 23.3 Å². The monoisotopic (exact) mass is 385 g/mol. The fourth-order valence-corrected chi connectivity index (χ4v) is 3.15. The molecule has 0 radical (unpaired) electrons. The molecular formula is C21H20FNO5. The van der Waals surface area contributed by atoms with Gasteiger partial charge in [0.05, 0.1) is 18.7 Å². The number of rotatable bonds is 6. The number of amides is 1. The van der Waals surface area contributed by atoms with E-state index in [2.05, 4.69) is 0 Å². The van der Waals surface area contributed by atoms with Crippen molar-refractivity contribution in [1.29, 1.82) is 0 Å². The fraction of sp³-hybridized carbons (Fsp3) is 0.286. The zero-order valence-electron chi connectivity index (χ0n) is 15.6. The molecule has 28 heavy (non-hydrogen) atoms. The Morgan fingerprint density at radius 3 is 2.64 bits per heavy atom. The van der Waals surface area contributed by atoms with Crippen LogP contribution >= 0.6 is 0 Å². The number of carbonyl (C=O) groups excluding carboxylic acids is 3. The largest absolute Gasteiger partial charge is 0.496 e.